The Hall–Kier alpha value is -1.27. The predicted octanol–water partition coefficient (Wildman–Crippen LogP) is 3.57. The Kier molecular flexibility index (Phi) is 4.88. The third kappa shape index (κ3) is 3.64. The molecule has 1 aromatic rings. The van der Waals surface area contributed by atoms with Crippen molar-refractivity contribution in [3.63, 3.8) is 0 Å². The van der Waals surface area contributed by atoms with Crippen molar-refractivity contribution >= 4 is 45.2 Å². The van der Waals surface area contributed by atoms with Crippen LogP contribution in [0.15, 0.2) is 22.7 Å². The van der Waals surface area contributed by atoms with E-state index < -0.39 is 5.97 Å². The fourth-order valence-electron chi connectivity index (χ4n) is 2.30. The molecule has 1 aliphatic rings. The number of nitrogens with zero attached hydrogens (tertiary/aromatic N) is 1. The molecule has 2 rings (SSSR count). The summed E-state index contributed by atoms with van der Waals surface area (Å²) in [4.78, 5) is 24.6. The highest BCUT2D eigenvalue weighted by molar-refractivity contribution is 9.10. The molecule has 1 fully saturated rings. The molecule has 2 N–H and O–H groups in total. The zero-order chi connectivity index (χ0) is 14.7. The van der Waals surface area contributed by atoms with Crippen LogP contribution in [0.1, 0.15) is 19.3 Å². The summed E-state index contributed by atoms with van der Waals surface area (Å²) in [6.45, 7) is 0.571. The van der Waals surface area contributed by atoms with Crippen LogP contribution in [0.4, 0.5) is 10.5 Å². The Bertz CT molecular complexity index is 538. The first kappa shape index (κ1) is 15.1. The van der Waals surface area contributed by atoms with Gasteiger partial charge < -0.3 is 15.3 Å². The molecule has 1 unspecified atom stereocenters. The number of amides is 2. The van der Waals surface area contributed by atoms with E-state index >= 15 is 0 Å². The van der Waals surface area contributed by atoms with Crippen molar-refractivity contribution in [1.82, 2.24) is 4.90 Å². The Balaban J connectivity index is 2.07. The summed E-state index contributed by atoms with van der Waals surface area (Å²) in [5.41, 5.74) is 0.573. The number of likely N-dealkylation sites (tertiary alicyclic amines) is 1. The van der Waals surface area contributed by atoms with Gasteiger partial charge in [-0.2, -0.15) is 0 Å². The molecule has 0 spiro atoms. The van der Waals surface area contributed by atoms with E-state index in [1.807, 2.05) is 0 Å². The molecule has 1 aromatic carbocycles. The first-order valence-corrected chi connectivity index (χ1v) is 7.39. The fourth-order valence-corrected chi connectivity index (χ4v) is 2.82. The molecule has 20 heavy (non-hydrogen) atoms. The summed E-state index contributed by atoms with van der Waals surface area (Å²) in [5.74, 6) is -0.890. The molecule has 0 aromatic heterocycles. The molecule has 0 bridgehead atoms. The number of hydrogen-bond donors (Lipinski definition) is 2. The van der Waals surface area contributed by atoms with Gasteiger partial charge in [0.1, 0.15) is 0 Å². The SMILES string of the molecule is O=C(O)CC1CCCN1C(=O)Nc1cc(Cl)ccc1Br. The molecular weight excluding hydrogens is 348 g/mol. The van der Waals surface area contributed by atoms with E-state index in [-0.39, 0.29) is 18.5 Å². The van der Waals surface area contributed by atoms with E-state index in [0.717, 1.165) is 17.3 Å². The summed E-state index contributed by atoms with van der Waals surface area (Å²) < 4.78 is 0.726. The summed E-state index contributed by atoms with van der Waals surface area (Å²) in [6.07, 6.45) is 1.52. The maximum absolute atomic E-state index is 12.2. The maximum atomic E-state index is 12.2. The van der Waals surface area contributed by atoms with Gasteiger partial charge in [-0.25, -0.2) is 4.79 Å². The lowest BCUT2D eigenvalue weighted by molar-refractivity contribution is -0.137. The number of halogens is 2. The van der Waals surface area contributed by atoms with Crippen molar-refractivity contribution < 1.29 is 14.7 Å². The van der Waals surface area contributed by atoms with Crippen molar-refractivity contribution in [2.24, 2.45) is 0 Å². The quantitative estimate of drug-likeness (QED) is 0.864. The van der Waals surface area contributed by atoms with Crippen LogP contribution in [0.2, 0.25) is 5.02 Å². The lowest BCUT2D eigenvalue weighted by atomic mass is 10.1. The summed E-state index contributed by atoms with van der Waals surface area (Å²) >= 11 is 9.23. The first-order valence-electron chi connectivity index (χ1n) is 6.22. The van der Waals surface area contributed by atoms with Crippen LogP contribution in [0.25, 0.3) is 0 Å². The highest BCUT2D eigenvalue weighted by atomic mass is 79.9. The molecule has 1 aliphatic heterocycles. The summed E-state index contributed by atoms with van der Waals surface area (Å²) in [7, 11) is 0. The Morgan fingerprint density at radius 2 is 2.25 bits per heavy atom. The van der Waals surface area contributed by atoms with Crippen molar-refractivity contribution in [1.29, 1.82) is 0 Å². The van der Waals surface area contributed by atoms with Crippen molar-refractivity contribution in [3.8, 4) is 0 Å². The van der Waals surface area contributed by atoms with Gasteiger partial charge in [0, 0.05) is 22.1 Å². The minimum Gasteiger partial charge on any atom is -0.481 e. The Morgan fingerprint density at radius 3 is 2.95 bits per heavy atom. The molecule has 0 aliphatic carbocycles. The number of aliphatic carboxylic acids is 1. The topological polar surface area (TPSA) is 69.6 Å². The normalized spacial score (nSPS) is 18.1. The predicted molar refractivity (Wildman–Crippen MR) is 80.2 cm³/mol. The molecular formula is C13H14BrClN2O3. The highest BCUT2D eigenvalue weighted by Gasteiger charge is 2.30. The number of carboxylic acids is 1. The van der Waals surface area contributed by atoms with Gasteiger partial charge >= 0.3 is 12.0 Å². The number of anilines is 1. The number of carboxylic acid groups (broad SMARTS) is 1. The van der Waals surface area contributed by atoms with Crippen LogP contribution in [-0.2, 0) is 4.79 Å². The second kappa shape index (κ2) is 6.45. The van der Waals surface area contributed by atoms with E-state index in [0.29, 0.717) is 17.3 Å². The highest BCUT2D eigenvalue weighted by Crippen LogP contribution is 2.27. The number of carbonyl (C=O) groups is 2. The van der Waals surface area contributed by atoms with Gasteiger partial charge in [0.25, 0.3) is 0 Å². The molecule has 2 amide bonds. The molecule has 108 valence electrons. The molecule has 1 saturated heterocycles. The number of rotatable bonds is 3. The Labute approximate surface area is 130 Å². The van der Waals surface area contributed by atoms with Gasteiger partial charge in [0.2, 0.25) is 0 Å². The first-order chi connectivity index (χ1) is 9.47. The van der Waals surface area contributed by atoms with Crippen LogP contribution >= 0.6 is 27.5 Å². The summed E-state index contributed by atoms with van der Waals surface area (Å²) in [5, 5.41) is 12.1. The number of carbonyl (C=O) groups excluding carboxylic acids is 1. The largest absolute Gasteiger partial charge is 0.481 e. The van der Waals surface area contributed by atoms with Crippen LogP contribution in [0.5, 0.6) is 0 Å². The van der Waals surface area contributed by atoms with E-state index in [9.17, 15) is 9.59 Å². The van der Waals surface area contributed by atoms with E-state index in [1.54, 1.807) is 23.1 Å². The van der Waals surface area contributed by atoms with Crippen LogP contribution in [0, 0.1) is 0 Å². The fraction of sp³-hybridized carbons (Fsp3) is 0.385. The number of nitrogens with one attached hydrogen (secondary N) is 1. The smallest absolute Gasteiger partial charge is 0.322 e. The second-order valence-electron chi connectivity index (χ2n) is 4.64. The third-order valence-electron chi connectivity index (χ3n) is 3.22. The van der Waals surface area contributed by atoms with Gasteiger partial charge in [-0.05, 0) is 47.0 Å². The second-order valence-corrected chi connectivity index (χ2v) is 5.93. The standard InChI is InChI=1S/C13H14BrClN2O3/c14-10-4-3-8(15)6-11(10)16-13(20)17-5-1-2-9(17)7-12(18)19/h3-4,6,9H,1-2,5,7H2,(H,16,20)(H,18,19). The number of hydrogen-bond acceptors (Lipinski definition) is 2. The van der Waals surface area contributed by atoms with E-state index in [4.69, 9.17) is 16.7 Å². The minimum absolute atomic E-state index is 0.0237. The van der Waals surface area contributed by atoms with Crippen LogP contribution < -0.4 is 5.32 Å². The lowest BCUT2D eigenvalue weighted by Crippen LogP contribution is -2.39. The van der Waals surface area contributed by atoms with Crippen molar-refractivity contribution in [2.75, 3.05) is 11.9 Å². The molecule has 0 radical (unpaired) electrons. The van der Waals surface area contributed by atoms with Gasteiger partial charge in [-0.3, -0.25) is 4.79 Å². The van der Waals surface area contributed by atoms with E-state index in [1.165, 1.54) is 0 Å². The van der Waals surface area contributed by atoms with Crippen molar-refractivity contribution in [2.45, 2.75) is 25.3 Å². The van der Waals surface area contributed by atoms with Gasteiger partial charge in [-0.1, -0.05) is 11.6 Å². The average Bonchev–Trinajstić information content (AvgIpc) is 2.81. The van der Waals surface area contributed by atoms with Crippen molar-refractivity contribution in [3.05, 3.63) is 27.7 Å². The van der Waals surface area contributed by atoms with Crippen LogP contribution in [0.3, 0.4) is 0 Å². The average molecular weight is 362 g/mol. The number of urea groups is 1. The molecule has 1 heterocycles. The number of benzene rings is 1. The van der Waals surface area contributed by atoms with E-state index in [2.05, 4.69) is 21.2 Å². The zero-order valence-electron chi connectivity index (χ0n) is 10.6. The third-order valence-corrected chi connectivity index (χ3v) is 4.14. The zero-order valence-corrected chi connectivity index (χ0v) is 12.9. The molecule has 7 heteroatoms. The molecule has 1 atom stereocenters. The van der Waals surface area contributed by atoms with Gasteiger partial charge in [0.05, 0.1) is 12.1 Å². The minimum atomic E-state index is -0.890. The maximum Gasteiger partial charge on any atom is 0.322 e. The molecule has 5 nitrogen and oxygen atoms in total. The monoisotopic (exact) mass is 360 g/mol. The molecule has 0 saturated carbocycles. The lowest BCUT2D eigenvalue weighted by Gasteiger charge is -2.24. The summed E-state index contributed by atoms with van der Waals surface area (Å²) in [6, 6.07) is 4.56. The van der Waals surface area contributed by atoms with Gasteiger partial charge in [-0.15, -0.1) is 0 Å². The Morgan fingerprint density at radius 1 is 1.50 bits per heavy atom. The van der Waals surface area contributed by atoms with Gasteiger partial charge in [0.15, 0.2) is 0 Å². The van der Waals surface area contributed by atoms with Crippen LogP contribution in [-0.4, -0.2) is 34.6 Å².